The first kappa shape index (κ1) is 18.1. The van der Waals surface area contributed by atoms with Crippen LogP contribution in [0.2, 0.25) is 0 Å². The fourth-order valence-corrected chi connectivity index (χ4v) is 2.45. The second-order valence-corrected chi connectivity index (χ2v) is 7.22. The Morgan fingerprint density at radius 3 is 2.33 bits per heavy atom. The maximum Gasteiger partial charge on any atom is 0.0944 e. The molecule has 3 nitrogen and oxygen atoms in total. The number of rotatable bonds is 6. The summed E-state index contributed by atoms with van der Waals surface area (Å²) < 4.78 is 0. The van der Waals surface area contributed by atoms with Crippen molar-refractivity contribution in [2.75, 3.05) is 20.6 Å². The van der Waals surface area contributed by atoms with Gasteiger partial charge < -0.3 is 15.7 Å². The maximum atomic E-state index is 10.7. The van der Waals surface area contributed by atoms with Crippen molar-refractivity contribution in [2.24, 2.45) is 5.73 Å². The molecular weight excluding hydrogens is 260 g/mol. The van der Waals surface area contributed by atoms with Crippen LogP contribution in [-0.4, -0.2) is 36.7 Å². The summed E-state index contributed by atoms with van der Waals surface area (Å²) in [5, 5.41) is 10.7. The molecule has 0 radical (unpaired) electrons. The third-order valence-electron chi connectivity index (χ3n) is 4.03. The Kier molecular flexibility index (Phi) is 6.39. The lowest BCUT2D eigenvalue weighted by Crippen LogP contribution is -2.32. The van der Waals surface area contributed by atoms with Gasteiger partial charge >= 0.3 is 0 Å². The molecule has 0 aliphatic rings. The number of hydrogen-bond donors (Lipinski definition) is 2. The van der Waals surface area contributed by atoms with E-state index in [1.807, 2.05) is 14.1 Å². The number of aliphatic hydroxyl groups excluding tert-OH is 1. The van der Waals surface area contributed by atoms with Crippen LogP contribution < -0.4 is 5.73 Å². The van der Waals surface area contributed by atoms with E-state index in [9.17, 15) is 5.11 Å². The van der Waals surface area contributed by atoms with Crippen molar-refractivity contribution >= 4 is 0 Å². The van der Waals surface area contributed by atoms with Crippen molar-refractivity contribution in [2.45, 2.75) is 58.1 Å². The largest absolute Gasteiger partial charge is 0.387 e. The van der Waals surface area contributed by atoms with Crippen LogP contribution in [0.15, 0.2) is 18.2 Å². The van der Waals surface area contributed by atoms with Crippen molar-refractivity contribution in [1.29, 1.82) is 0 Å². The van der Waals surface area contributed by atoms with Crippen molar-refractivity contribution in [3.05, 3.63) is 34.9 Å². The van der Waals surface area contributed by atoms with E-state index in [-0.39, 0.29) is 11.5 Å². The molecule has 0 saturated heterocycles. The predicted octanol–water partition coefficient (Wildman–Crippen LogP) is 2.86. The molecule has 0 aliphatic heterocycles. The van der Waals surface area contributed by atoms with Gasteiger partial charge in [0.05, 0.1) is 6.10 Å². The summed E-state index contributed by atoms with van der Waals surface area (Å²) in [6, 6.07) is 6.21. The average Bonchev–Trinajstić information content (AvgIpc) is 2.42. The van der Waals surface area contributed by atoms with Crippen LogP contribution in [0.5, 0.6) is 0 Å². The summed E-state index contributed by atoms with van der Waals surface area (Å²) in [5.74, 6) is 0. The smallest absolute Gasteiger partial charge is 0.0944 e. The first-order valence-electron chi connectivity index (χ1n) is 7.88. The Labute approximate surface area is 130 Å². The number of aliphatic hydroxyl groups is 1. The summed E-state index contributed by atoms with van der Waals surface area (Å²) >= 11 is 0. The summed E-state index contributed by atoms with van der Waals surface area (Å²) in [5.41, 5.74) is 9.71. The van der Waals surface area contributed by atoms with E-state index in [2.05, 4.69) is 50.8 Å². The zero-order chi connectivity index (χ0) is 16.2. The van der Waals surface area contributed by atoms with Crippen LogP contribution >= 0.6 is 0 Å². The second kappa shape index (κ2) is 7.39. The van der Waals surface area contributed by atoms with E-state index < -0.39 is 6.10 Å². The lowest BCUT2D eigenvalue weighted by molar-refractivity contribution is 0.136. The molecule has 1 rings (SSSR count). The number of aryl methyl sites for hydroxylation is 1. The molecule has 0 aliphatic carbocycles. The third kappa shape index (κ3) is 5.10. The van der Waals surface area contributed by atoms with Gasteiger partial charge in [-0.15, -0.1) is 0 Å². The summed E-state index contributed by atoms with van der Waals surface area (Å²) in [7, 11) is 4.05. The average molecular weight is 292 g/mol. The highest BCUT2D eigenvalue weighted by Crippen LogP contribution is 2.29. The number of hydrogen-bond acceptors (Lipinski definition) is 3. The Hall–Kier alpha value is -0.900. The molecule has 0 saturated carbocycles. The fraction of sp³-hybridized carbons (Fsp3) is 0.667. The lowest BCUT2D eigenvalue weighted by Gasteiger charge is -2.26. The quantitative estimate of drug-likeness (QED) is 0.847. The molecule has 0 amide bonds. The van der Waals surface area contributed by atoms with Gasteiger partial charge in [-0.3, -0.25) is 0 Å². The fourth-order valence-electron chi connectivity index (χ4n) is 2.45. The number of nitrogens with two attached hydrogens (primary N) is 1. The van der Waals surface area contributed by atoms with Crippen LogP contribution in [0.4, 0.5) is 0 Å². The minimum Gasteiger partial charge on any atom is -0.387 e. The third-order valence-corrected chi connectivity index (χ3v) is 4.03. The van der Waals surface area contributed by atoms with Crippen LogP contribution in [0.25, 0.3) is 0 Å². The van der Waals surface area contributed by atoms with E-state index in [1.165, 1.54) is 11.1 Å². The van der Waals surface area contributed by atoms with Gasteiger partial charge in [0.25, 0.3) is 0 Å². The Morgan fingerprint density at radius 1 is 1.24 bits per heavy atom. The molecule has 0 spiro atoms. The molecule has 0 bridgehead atoms. The van der Waals surface area contributed by atoms with Crippen molar-refractivity contribution in [3.63, 3.8) is 0 Å². The normalized spacial score (nSPS) is 15.3. The van der Waals surface area contributed by atoms with Crippen LogP contribution in [0.3, 0.4) is 0 Å². The molecule has 1 aromatic rings. The van der Waals surface area contributed by atoms with E-state index in [0.29, 0.717) is 0 Å². The molecule has 2 unspecified atom stereocenters. The van der Waals surface area contributed by atoms with E-state index in [1.54, 1.807) is 0 Å². The van der Waals surface area contributed by atoms with Gasteiger partial charge in [0.2, 0.25) is 0 Å². The topological polar surface area (TPSA) is 49.5 Å². The predicted molar refractivity (Wildman–Crippen MR) is 90.6 cm³/mol. The summed E-state index contributed by atoms with van der Waals surface area (Å²) in [6.45, 7) is 9.58. The van der Waals surface area contributed by atoms with E-state index in [4.69, 9.17) is 5.73 Å². The molecule has 0 heterocycles. The standard InChI is InChI=1S/C18H32N2O/c1-7-13-8-9-14(18(2,3)4)12-15(13)17(21)16(19)10-11-20(5)6/h8-9,12,16-17,21H,7,10-11,19H2,1-6H3. The molecule has 3 heteroatoms. The lowest BCUT2D eigenvalue weighted by atomic mass is 9.83. The van der Waals surface area contributed by atoms with Gasteiger partial charge in [0.1, 0.15) is 0 Å². The molecular formula is C18H32N2O. The minimum absolute atomic E-state index is 0.0779. The molecule has 0 fully saturated rings. The highest BCUT2D eigenvalue weighted by molar-refractivity contribution is 5.37. The molecule has 21 heavy (non-hydrogen) atoms. The van der Waals surface area contributed by atoms with Gasteiger partial charge in [-0.1, -0.05) is 45.9 Å². The van der Waals surface area contributed by atoms with Crippen molar-refractivity contribution < 1.29 is 5.11 Å². The van der Waals surface area contributed by atoms with Crippen LogP contribution in [-0.2, 0) is 11.8 Å². The van der Waals surface area contributed by atoms with E-state index >= 15 is 0 Å². The first-order valence-corrected chi connectivity index (χ1v) is 7.88. The molecule has 120 valence electrons. The number of nitrogens with zero attached hydrogens (tertiary/aromatic N) is 1. The van der Waals surface area contributed by atoms with Gasteiger partial charge in [-0.2, -0.15) is 0 Å². The van der Waals surface area contributed by atoms with Crippen LogP contribution in [0, 0.1) is 0 Å². The van der Waals surface area contributed by atoms with E-state index in [0.717, 1.165) is 24.9 Å². The summed E-state index contributed by atoms with van der Waals surface area (Å²) in [6.07, 6.45) is 1.11. The molecule has 3 N–H and O–H groups in total. The molecule has 2 atom stereocenters. The second-order valence-electron chi connectivity index (χ2n) is 7.22. The van der Waals surface area contributed by atoms with Gasteiger partial charge in [0, 0.05) is 6.04 Å². The number of benzene rings is 1. The molecule has 0 aromatic heterocycles. The Balaban J connectivity index is 3.03. The maximum absolute atomic E-state index is 10.7. The SMILES string of the molecule is CCc1ccc(C(C)(C)C)cc1C(O)C(N)CCN(C)C. The highest BCUT2D eigenvalue weighted by Gasteiger charge is 2.22. The van der Waals surface area contributed by atoms with Gasteiger partial charge in [0.15, 0.2) is 0 Å². The molecule has 1 aromatic carbocycles. The van der Waals surface area contributed by atoms with Crippen LogP contribution in [0.1, 0.15) is 56.9 Å². The highest BCUT2D eigenvalue weighted by atomic mass is 16.3. The van der Waals surface area contributed by atoms with Gasteiger partial charge in [-0.25, -0.2) is 0 Å². The minimum atomic E-state index is -0.595. The zero-order valence-corrected chi connectivity index (χ0v) is 14.5. The zero-order valence-electron chi connectivity index (χ0n) is 14.5. The monoisotopic (exact) mass is 292 g/mol. The van der Waals surface area contributed by atoms with Crippen molar-refractivity contribution in [1.82, 2.24) is 4.90 Å². The first-order chi connectivity index (χ1) is 9.66. The van der Waals surface area contributed by atoms with Crippen molar-refractivity contribution in [3.8, 4) is 0 Å². The summed E-state index contributed by atoms with van der Waals surface area (Å²) in [4.78, 5) is 2.10. The van der Waals surface area contributed by atoms with Gasteiger partial charge in [-0.05, 0) is 55.6 Å². The Morgan fingerprint density at radius 2 is 1.86 bits per heavy atom. The Bertz CT molecular complexity index is 449.